The molecule has 0 saturated carbocycles. The predicted molar refractivity (Wildman–Crippen MR) is 74.7 cm³/mol. The van der Waals surface area contributed by atoms with Crippen molar-refractivity contribution >= 4 is 29.0 Å². The lowest BCUT2D eigenvalue weighted by Crippen LogP contribution is -2.46. The summed E-state index contributed by atoms with van der Waals surface area (Å²) in [5, 5.41) is 2.36. The minimum Gasteiger partial charge on any atom is -0.392 e. The van der Waals surface area contributed by atoms with Gasteiger partial charge in [0.05, 0.1) is 18.1 Å². The van der Waals surface area contributed by atoms with E-state index in [0.29, 0.717) is 32.7 Å². The number of amides is 2. The van der Waals surface area contributed by atoms with Gasteiger partial charge in [-0.2, -0.15) is 0 Å². The Kier molecular flexibility index (Phi) is 9.95. The fourth-order valence-corrected chi connectivity index (χ4v) is 1.37. The van der Waals surface area contributed by atoms with E-state index >= 15 is 0 Å². The highest BCUT2D eigenvalue weighted by molar-refractivity contribution is 7.80. The van der Waals surface area contributed by atoms with E-state index in [1.54, 1.807) is 7.11 Å². The van der Waals surface area contributed by atoms with Crippen LogP contribution < -0.4 is 11.1 Å². The summed E-state index contributed by atoms with van der Waals surface area (Å²) in [4.78, 5) is 25.0. The van der Waals surface area contributed by atoms with Crippen molar-refractivity contribution in [3.05, 3.63) is 0 Å². The Hall–Kier alpha value is -1.25. The Balaban J connectivity index is 4.33. The molecule has 0 bridgehead atoms. The summed E-state index contributed by atoms with van der Waals surface area (Å²) in [6, 6.07) is 0. The SMILES string of the molecule is COCCCN(CCOC)C(=O)C(=O)NCC(N)=S. The van der Waals surface area contributed by atoms with E-state index in [9.17, 15) is 9.59 Å². The molecular formula is C11H21N3O4S. The van der Waals surface area contributed by atoms with Gasteiger partial charge >= 0.3 is 11.8 Å². The number of carbonyl (C=O) groups excluding carboxylic acids is 2. The van der Waals surface area contributed by atoms with E-state index in [1.807, 2.05) is 0 Å². The van der Waals surface area contributed by atoms with Crippen molar-refractivity contribution in [3.63, 3.8) is 0 Å². The van der Waals surface area contributed by atoms with Crippen LogP contribution >= 0.6 is 12.2 Å². The topological polar surface area (TPSA) is 93.9 Å². The van der Waals surface area contributed by atoms with Crippen molar-refractivity contribution in [2.45, 2.75) is 6.42 Å². The largest absolute Gasteiger partial charge is 0.392 e. The van der Waals surface area contributed by atoms with E-state index in [4.69, 9.17) is 15.2 Å². The monoisotopic (exact) mass is 291 g/mol. The van der Waals surface area contributed by atoms with Crippen LogP contribution in [0.4, 0.5) is 0 Å². The van der Waals surface area contributed by atoms with E-state index in [0.717, 1.165) is 0 Å². The second-order valence-electron chi connectivity index (χ2n) is 3.78. The first-order valence-electron chi connectivity index (χ1n) is 5.86. The van der Waals surface area contributed by atoms with Crippen LogP contribution in [0.1, 0.15) is 6.42 Å². The van der Waals surface area contributed by atoms with Gasteiger partial charge in [0.1, 0.15) is 0 Å². The molecule has 0 aliphatic carbocycles. The van der Waals surface area contributed by atoms with Crippen molar-refractivity contribution in [1.29, 1.82) is 0 Å². The summed E-state index contributed by atoms with van der Waals surface area (Å²) < 4.78 is 9.82. The lowest BCUT2D eigenvalue weighted by atomic mass is 10.3. The zero-order chi connectivity index (χ0) is 14.7. The van der Waals surface area contributed by atoms with Crippen molar-refractivity contribution < 1.29 is 19.1 Å². The number of nitrogens with two attached hydrogens (primary N) is 1. The molecular weight excluding hydrogens is 270 g/mol. The van der Waals surface area contributed by atoms with Crippen molar-refractivity contribution in [2.24, 2.45) is 5.73 Å². The molecule has 0 aliphatic rings. The molecule has 0 heterocycles. The molecule has 8 heteroatoms. The van der Waals surface area contributed by atoms with E-state index in [1.165, 1.54) is 12.0 Å². The molecule has 19 heavy (non-hydrogen) atoms. The Bertz CT molecular complexity index is 312. The highest BCUT2D eigenvalue weighted by Gasteiger charge is 2.20. The van der Waals surface area contributed by atoms with E-state index in [2.05, 4.69) is 17.5 Å². The van der Waals surface area contributed by atoms with Gasteiger partial charge in [0, 0.05) is 33.9 Å². The molecule has 0 unspecified atom stereocenters. The number of methoxy groups -OCH3 is 2. The fourth-order valence-electron chi connectivity index (χ4n) is 1.30. The standard InChI is InChI=1S/C11H21N3O4S/c1-17-6-3-4-14(5-7-18-2)11(16)10(15)13-8-9(12)19/h3-8H2,1-2H3,(H2,12,19)(H,13,15). The number of thiocarbonyl (C=S) groups is 1. The average molecular weight is 291 g/mol. The fraction of sp³-hybridized carbons (Fsp3) is 0.727. The molecule has 0 aromatic rings. The first-order valence-corrected chi connectivity index (χ1v) is 6.27. The van der Waals surface area contributed by atoms with Gasteiger partial charge in [0.25, 0.3) is 0 Å². The van der Waals surface area contributed by atoms with Crippen LogP contribution in [-0.2, 0) is 19.1 Å². The van der Waals surface area contributed by atoms with Crippen LogP contribution in [0.2, 0.25) is 0 Å². The summed E-state index contributed by atoms with van der Waals surface area (Å²) >= 11 is 4.62. The number of hydrogen-bond acceptors (Lipinski definition) is 5. The summed E-state index contributed by atoms with van der Waals surface area (Å²) in [5.41, 5.74) is 5.25. The maximum atomic E-state index is 11.9. The summed E-state index contributed by atoms with van der Waals surface area (Å²) in [7, 11) is 3.11. The first-order chi connectivity index (χ1) is 9.02. The van der Waals surface area contributed by atoms with Crippen LogP contribution in [0.25, 0.3) is 0 Å². The third-order valence-electron chi connectivity index (χ3n) is 2.25. The van der Waals surface area contributed by atoms with Gasteiger partial charge in [-0.1, -0.05) is 12.2 Å². The second kappa shape index (κ2) is 10.7. The maximum Gasteiger partial charge on any atom is 0.311 e. The molecule has 0 aromatic heterocycles. The highest BCUT2D eigenvalue weighted by atomic mass is 32.1. The zero-order valence-electron chi connectivity index (χ0n) is 11.3. The summed E-state index contributed by atoms with van der Waals surface area (Å²) in [6.07, 6.45) is 0.647. The minimum atomic E-state index is -0.721. The molecule has 0 saturated heterocycles. The highest BCUT2D eigenvalue weighted by Crippen LogP contribution is 1.95. The zero-order valence-corrected chi connectivity index (χ0v) is 12.1. The molecule has 3 N–H and O–H groups in total. The van der Waals surface area contributed by atoms with Gasteiger partial charge in [0.15, 0.2) is 0 Å². The molecule has 0 aromatic carbocycles. The number of nitrogens with zero attached hydrogens (tertiary/aromatic N) is 1. The second-order valence-corrected chi connectivity index (χ2v) is 4.30. The first kappa shape index (κ1) is 17.8. The lowest BCUT2D eigenvalue weighted by molar-refractivity contribution is -0.146. The molecule has 0 atom stereocenters. The predicted octanol–water partition coefficient (Wildman–Crippen LogP) is -1.10. The smallest absolute Gasteiger partial charge is 0.311 e. The number of nitrogens with one attached hydrogen (secondary N) is 1. The molecule has 0 rings (SSSR count). The van der Waals surface area contributed by atoms with Crippen LogP contribution in [0.3, 0.4) is 0 Å². The maximum absolute atomic E-state index is 11.9. The van der Waals surface area contributed by atoms with Gasteiger partial charge in [-0.05, 0) is 6.42 Å². The Morgan fingerprint density at radius 2 is 1.84 bits per heavy atom. The van der Waals surface area contributed by atoms with E-state index < -0.39 is 11.8 Å². The van der Waals surface area contributed by atoms with Crippen molar-refractivity contribution in [3.8, 4) is 0 Å². The number of carbonyl (C=O) groups is 2. The molecule has 0 fully saturated rings. The quantitative estimate of drug-likeness (QED) is 0.318. The van der Waals surface area contributed by atoms with Gasteiger partial charge in [-0.25, -0.2) is 0 Å². The Morgan fingerprint density at radius 1 is 1.21 bits per heavy atom. The molecule has 2 amide bonds. The third kappa shape index (κ3) is 8.46. The van der Waals surface area contributed by atoms with Crippen LogP contribution in [-0.4, -0.2) is 68.8 Å². The number of ether oxygens (including phenoxy) is 2. The van der Waals surface area contributed by atoms with Gasteiger partial charge in [-0.3, -0.25) is 9.59 Å². The lowest BCUT2D eigenvalue weighted by Gasteiger charge is -2.21. The normalized spacial score (nSPS) is 10.0. The van der Waals surface area contributed by atoms with E-state index in [-0.39, 0.29) is 11.5 Å². The Morgan fingerprint density at radius 3 is 2.37 bits per heavy atom. The Labute approximate surface area is 118 Å². The summed E-state index contributed by atoms with van der Waals surface area (Å²) in [6.45, 7) is 1.67. The molecule has 0 spiro atoms. The number of hydrogen-bond donors (Lipinski definition) is 2. The van der Waals surface area contributed by atoms with Gasteiger partial charge in [-0.15, -0.1) is 0 Å². The van der Waals surface area contributed by atoms with Crippen molar-refractivity contribution in [2.75, 3.05) is 47.1 Å². The molecule has 110 valence electrons. The molecule has 7 nitrogen and oxygen atoms in total. The summed E-state index contributed by atoms with van der Waals surface area (Å²) in [5.74, 6) is -1.34. The van der Waals surface area contributed by atoms with Crippen LogP contribution in [0.15, 0.2) is 0 Å². The third-order valence-corrected chi connectivity index (χ3v) is 2.39. The van der Waals surface area contributed by atoms with Gasteiger partial charge in [0.2, 0.25) is 0 Å². The van der Waals surface area contributed by atoms with Crippen molar-refractivity contribution in [1.82, 2.24) is 10.2 Å². The molecule has 0 aliphatic heterocycles. The number of rotatable bonds is 9. The van der Waals surface area contributed by atoms with Gasteiger partial charge < -0.3 is 25.4 Å². The van der Waals surface area contributed by atoms with Crippen LogP contribution in [0.5, 0.6) is 0 Å². The minimum absolute atomic E-state index is 0.0100. The average Bonchev–Trinajstić information content (AvgIpc) is 2.39. The van der Waals surface area contributed by atoms with Crippen LogP contribution in [0, 0.1) is 0 Å². The molecule has 0 radical (unpaired) electrons.